The summed E-state index contributed by atoms with van der Waals surface area (Å²) < 4.78 is 19.3. The zero-order chi connectivity index (χ0) is 30.2. The molecule has 5 heterocycles. The van der Waals surface area contributed by atoms with Crippen LogP contribution in [0.4, 0.5) is 10.2 Å². The van der Waals surface area contributed by atoms with Gasteiger partial charge in [0, 0.05) is 41.9 Å². The Balaban J connectivity index is 1.48. The number of hydrogen-bond donors (Lipinski definition) is 1. The van der Waals surface area contributed by atoms with Gasteiger partial charge in [-0.25, -0.2) is 9.37 Å². The van der Waals surface area contributed by atoms with Crippen molar-refractivity contribution in [3.63, 3.8) is 0 Å². The van der Waals surface area contributed by atoms with Crippen molar-refractivity contribution < 1.29 is 4.39 Å². The minimum atomic E-state index is -0.286. The summed E-state index contributed by atoms with van der Waals surface area (Å²) in [7, 11) is 4.21. The molecule has 0 radical (unpaired) electrons. The molecular weight excluding hydrogens is 539 g/mol. The lowest BCUT2D eigenvalue weighted by Crippen LogP contribution is -2.67. The van der Waals surface area contributed by atoms with Gasteiger partial charge >= 0.3 is 0 Å². The predicted molar refractivity (Wildman–Crippen MR) is 171 cm³/mol. The Morgan fingerprint density at radius 3 is 2.67 bits per heavy atom. The van der Waals surface area contributed by atoms with Gasteiger partial charge in [-0.1, -0.05) is 6.07 Å². The second-order valence-corrected chi connectivity index (χ2v) is 13.2. The summed E-state index contributed by atoms with van der Waals surface area (Å²) >= 11 is 0. The number of benzene rings is 2. The first-order valence-electron chi connectivity index (χ1n) is 15.3. The number of nitriles is 1. The van der Waals surface area contributed by atoms with Crippen LogP contribution in [0, 0.1) is 37.9 Å². The number of pyridine rings is 1. The molecule has 2 aromatic heterocycles. The Morgan fingerprint density at radius 1 is 1.14 bits per heavy atom. The average molecular weight is 579 g/mol. The molecule has 0 bridgehead atoms. The first-order chi connectivity index (χ1) is 20.6. The highest BCUT2D eigenvalue weighted by atomic mass is 19.1. The van der Waals surface area contributed by atoms with Crippen LogP contribution in [0.25, 0.3) is 32.9 Å². The summed E-state index contributed by atoms with van der Waals surface area (Å²) in [6.45, 7) is 11.5. The molecule has 4 aromatic rings. The highest BCUT2D eigenvalue weighted by Gasteiger charge is 2.42. The number of aryl methyl sites for hydroxylation is 2. The standard InChI is InChI=1S/C34H39FN8/c1-19-11-22-14-37-15-26(22)29(21(19)3)28-20(2)12-25-31(30(28)35)40-33(42-17-34(4,18-42)41(5)6)27-16-39-43(32(25)27)24-8-10-38-23(13-24)7-9-36/h11-12,15-16,23-24,38H,7-8,10,13-14,17-18H2,1-6H3/t23-,24+/m1/s1. The monoisotopic (exact) mass is 578 g/mol. The molecule has 9 heteroatoms. The number of rotatable bonds is 5. The number of fused-ring (bicyclic) bond motifs is 4. The maximum Gasteiger partial charge on any atom is 0.157 e. The van der Waals surface area contributed by atoms with E-state index < -0.39 is 0 Å². The van der Waals surface area contributed by atoms with Gasteiger partial charge < -0.3 is 15.1 Å². The van der Waals surface area contributed by atoms with E-state index in [9.17, 15) is 5.26 Å². The van der Waals surface area contributed by atoms with E-state index in [0.717, 1.165) is 88.0 Å². The van der Waals surface area contributed by atoms with Gasteiger partial charge in [-0.15, -0.1) is 0 Å². The molecule has 3 aliphatic heterocycles. The maximum absolute atomic E-state index is 17.2. The molecule has 3 aliphatic rings. The van der Waals surface area contributed by atoms with Crippen LogP contribution in [0.1, 0.15) is 60.0 Å². The number of anilines is 1. The highest BCUT2D eigenvalue weighted by molar-refractivity contribution is 6.10. The summed E-state index contributed by atoms with van der Waals surface area (Å²) in [4.78, 5) is 14.2. The van der Waals surface area contributed by atoms with Crippen LogP contribution in [0.2, 0.25) is 0 Å². The lowest BCUT2D eigenvalue weighted by molar-refractivity contribution is 0.133. The number of aromatic nitrogens is 3. The third-order valence-corrected chi connectivity index (χ3v) is 10.2. The quantitative estimate of drug-likeness (QED) is 0.332. The van der Waals surface area contributed by atoms with Crippen LogP contribution >= 0.6 is 0 Å². The van der Waals surface area contributed by atoms with E-state index in [1.807, 2.05) is 19.3 Å². The van der Waals surface area contributed by atoms with E-state index in [2.05, 4.69) is 77.9 Å². The smallest absolute Gasteiger partial charge is 0.157 e. The largest absolute Gasteiger partial charge is 0.352 e. The number of aliphatic imine (C=N–C) groups is 1. The van der Waals surface area contributed by atoms with Crippen LogP contribution in [-0.4, -0.2) is 71.2 Å². The average Bonchev–Trinajstić information content (AvgIpc) is 3.61. The molecule has 0 spiro atoms. The van der Waals surface area contributed by atoms with Gasteiger partial charge in [0.1, 0.15) is 11.3 Å². The van der Waals surface area contributed by atoms with E-state index in [4.69, 9.17) is 10.1 Å². The number of nitrogens with one attached hydrogen (secondary N) is 1. The molecule has 222 valence electrons. The summed E-state index contributed by atoms with van der Waals surface area (Å²) in [6.07, 6.45) is 5.97. The Bertz CT molecular complexity index is 1860. The molecule has 0 unspecified atom stereocenters. The second-order valence-electron chi connectivity index (χ2n) is 13.2. The van der Waals surface area contributed by atoms with Crippen molar-refractivity contribution in [2.24, 2.45) is 4.99 Å². The first-order valence-corrected chi connectivity index (χ1v) is 15.3. The fraction of sp³-hybridized carbons (Fsp3) is 0.471. The molecule has 0 aliphatic carbocycles. The zero-order valence-electron chi connectivity index (χ0n) is 25.9. The highest BCUT2D eigenvalue weighted by Crippen LogP contribution is 2.44. The molecule has 2 atom stereocenters. The van der Waals surface area contributed by atoms with E-state index in [1.165, 1.54) is 0 Å². The van der Waals surface area contributed by atoms with E-state index in [1.54, 1.807) is 0 Å². The van der Waals surface area contributed by atoms with Gasteiger partial charge in [0.15, 0.2) is 5.82 Å². The Hall–Kier alpha value is -3.87. The van der Waals surface area contributed by atoms with Crippen LogP contribution in [0.5, 0.6) is 0 Å². The molecule has 1 N–H and O–H groups in total. The van der Waals surface area contributed by atoms with Crippen LogP contribution in [0.3, 0.4) is 0 Å². The molecule has 2 fully saturated rings. The third-order valence-electron chi connectivity index (χ3n) is 10.2. The van der Waals surface area contributed by atoms with Crippen molar-refractivity contribution >= 4 is 33.8 Å². The first kappa shape index (κ1) is 27.9. The molecule has 2 saturated heterocycles. The number of nitrogens with zero attached hydrogens (tertiary/aromatic N) is 7. The normalized spacial score (nSPS) is 21.0. The number of likely N-dealkylation sites (N-methyl/N-ethyl adjacent to an activating group) is 1. The van der Waals surface area contributed by atoms with Gasteiger partial charge in [0.05, 0.1) is 47.7 Å². The van der Waals surface area contributed by atoms with Crippen molar-refractivity contribution in [1.29, 1.82) is 5.26 Å². The summed E-state index contributed by atoms with van der Waals surface area (Å²) in [5.74, 6) is 0.503. The van der Waals surface area contributed by atoms with Crippen molar-refractivity contribution in [3.05, 3.63) is 52.0 Å². The topological polar surface area (TPSA) is 85.4 Å². The van der Waals surface area contributed by atoms with Crippen LogP contribution < -0.4 is 10.2 Å². The fourth-order valence-electron chi connectivity index (χ4n) is 7.36. The summed E-state index contributed by atoms with van der Waals surface area (Å²) in [6, 6.07) is 6.83. The van der Waals surface area contributed by atoms with E-state index >= 15 is 4.39 Å². The number of piperidine rings is 1. The SMILES string of the molecule is Cc1cc2c(c(-c3c(C)cc4c(nc(N5CC(C)(N(C)C)C5)c5cnn([C@H]6CCN[C@H](CC#N)C6)c54)c3F)c1C)C=NC2. The van der Waals surface area contributed by atoms with E-state index in [-0.39, 0.29) is 23.4 Å². The van der Waals surface area contributed by atoms with Gasteiger partial charge in [0.2, 0.25) is 0 Å². The van der Waals surface area contributed by atoms with Crippen molar-refractivity contribution in [1.82, 2.24) is 25.0 Å². The molecular formula is C34H39FN8. The molecule has 43 heavy (non-hydrogen) atoms. The van der Waals surface area contributed by atoms with Gasteiger partial charge in [-0.2, -0.15) is 10.4 Å². The fourth-order valence-corrected chi connectivity index (χ4v) is 7.36. The molecule has 0 amide bonds. The molecule has 0 saturated carbocycles. The Morgan fingerprint density at radius 2 is 1.93 bits per heavy atom. The maximum atomic E-state index is 17.2. The van der Waals surface area contributed by atoms with Gasteiger partial charge in [-0.3, -0.25) is 9.67 Å². The molecule has 7 rings (SSSR count). The lowest BCUT2D eigenvalue weighted by atomic mass is 9.86. The minimum absolute atomic E-state index is 0.0219. The lowest BCUT2D eigenvalue weighted by Gasteiger charge is -2.52. The predicted octanol–water partition coefficient (Wildman–Crippen LogP) is 5.60. The van der Waals surface area contributed by atoms with Crippen molar-refractivity contribution in [2.45, 2.75) is 71.1 Å². The summed E-state index contributed by atoms with van der Waals surface area (Å²) in [5.41, 5.74) is 8.11. The van der Waals surface area contributed by atoms with Crippen LogP contribution in [0.15, 0.2) is 23.3 Å². The van der Waals surface area contributed by atoms with E-state index in [0.29, 0.717) is 24.0 Å². The Kier molecular flexibility index (Phi) is 6.56. The number of hydrogen-bond acceptors (Lipinski definition) is 7. The minimum Gasteiger partial charge on any atom is -0.352 e. The molecule has 8 nitrogen and oxygen atoms in total. The van der Waals surface area contributed by atoms with Gasteiger partial charge in [0.25, 0.3) is 0 Å². The second kappa shape index (κ2) is 10.1. The van der Waals surface area contributed by atoms with Crippen LogP contribution in [-0.2, 0) is 6.54 Å². The van der Waals surface area contributed by atoms with Crippen molar-refractivity contribution in [3.8, 4) is 17.2 Å². The third kappa shape index (κ3) is 4.26. The zero-order valence-corrected chi connectivity index (χ0v) is 25.9. The number of halogens is 1. The van der Waals surface area contributed by atoms with Crippen molar-refractivity contribution in [2.75, 3.05) is 38.6 Å². The van der Waals surface area contributed by atoms with Gasteiger partial charge in [-0.05, 0) is 95.1 Å². The summed E-state index contributed by atoms with van der Waals surface area (Å²) in [5, 5.41) is 19.5. The Labute approximate surface area is 252 Å². The molecule has 2 aromatic carbocycles.